The largest absolute Gasteiger partial charge is 0.496 e. The SMILES string of the molecule is COc1cc(C(N)C2CCCOC2)c(OC)cc1Br. The van der Waals surface area contributed by atoms with Crippen LogP contribution in [0.3, 0.4) is 0 Å². The van der Waals surface area contributed by atoms with Crippen LogP contribution in [0.4, 0.5) is 0 Å². The van der Waals surface area contributed by atoms with E-state index in [0.29, 0.717) is 12.5 Å². The Labute approximate surface area is 122 Å². The highest BCUT2D eigenvalue weighted by Gasteiger charge is 2.26. The Balaban J connectivity index is 2.30. The third-order valence-electron chi connectivity index (χ3n) is 3.57. The number of halogens is 1. The molecule has 0 saturated carbocycles. The van der Waals surface area contributed by atoms with Crippen molar-refractivity contribution in [1.82, 2.24) is 0 Å². The predicted molar refractivity (Wildman–Crippen MR) is 77.7 cm³/mol. The molecule has 5 heteroatoms. The summed E-state index contributed by atoms with van der Waals surface area (Å²) < 4.78 is 17.1. The lowest BCUT2D eigenvalue weighted by Gasteiger charge is -2.29. The molecule has 1 fully saturated rings. The van der Waals surface area contributed by atoms with Crippen LogP contribution in [0.15, 0.2) is 16.6 Å². The molecule has 0 spiro atoms. The number of methoxy groups -OCH3 is 2. The van der Waals surface area contributed by atoms with E-state index < -0.39 is 0 Å². The molecule has 19 heavy (non-hydrogen) atoms. The maximum absolute atomic E-state index is 6.39. The summed E-state index contributed by atoms with van der Waals surface area (Å²) in [5.41, 5.74) is 7.36. The van der Waals surface area contributed by atoms with Crippen molar-refractivity contribution in [1.29, 1.82) is 0 Å². The highest BCUT2D eigenvalue weighted by molar-refractivity contribution is 9.10. The summed E-state index contributed by atoms with van der Waals surface area (Å²) >= 11 is 3.46. The number of rotatable bonds is 4. The van der Waals surface area contributed by atoms with Crippen molar-refractivity contribution in [2.45, 2.75) is 18.9 Å². The van der Waals surface area contributed by atoms with Crippen molar-refractivity contribution in [3.05, 3.63) is 22.2 Å². The van der Waals surface area contributed by atoms with E-state index in [1.54, 1.807) is 14.2 Å². The Morgan fingerprint density at radius 1 is 1.32 bits per heavy atom. The van der Waals surface area contributed by atoms with E-state index in [0.717, 1.165) is 41.0 Å². The fourth-order valence-corrected chi connectivity index (χ4v) is 2.93. The molecule has 4 nitrogen and oxygen atoms in total. The lowest BCUT2D eigenvalue weighted by molar-refractivity contribution is 0.0444. The van der Waals surface area contributed by atoms with Gasteiger partial charge in [-0.1, -0.05) is 0 Å². The minimum atomic E-state index is -0.0998. The summed E-state index contributed by atoms with van der Waals surface area (Å²) in [6, 6.07) is 3.75. The molecule has 1 aliphatic rings. The number of hydrogen-bond donors (Lipinski definition) is 1. The van der Waals surface area contributed by atoms with Gasteiger partial charge in [-0.05, 0) is 40.9 Å². The Hall–Kier alpha value is -0.780. The first kappa shape index (κ1) is 14.6. The monoisotopic (exact) mass is 329 g/mol. The van der Waals surface area contributed by atoms with E-state index in [4.69, 9.17) is 19.9 Å². The average Bonchev–Trinajstić information content (AvgIpc) is 2.47. The van der Waals surface area contributed by atoms with E-state index in [1.807, 2.05) is 12.1 Å². The lowest BCUT2D eigenvalue weighted by Crippen LogP contribution is -2.29. The van der Waals surface area contributed by atoms with Gasteiger partial charge in [0.25, 0.3) is 0 Å². The third kappa shape index (κ3) is 3.22. The molecule has 1 saturated heterocycles. The van der Waals surface area contributed by atoms with Crippen molar-refractivity contribution >= 4 is 15.9 Å². The fraction of sp³-hybridized carbons (Fsp3) is 0.571. The van der Waals surface area contributed by atoms with Crippen LogP contribution in [-0.4, -0.2) is 27.4 Å². The molecule has 1 aliphatic heterocycles. The topological polar surface area (TPSA) is 53.7 Å². The van der Waals surface area contributed by atoms with Crippen molar-refractivity contribution < 1.29 is 14.2 Å². The van der Waals surface area contributed by atoms with Gasteiger partial charge < -0.3 is 19.9 Å². The maximum atomic E-state index is 6.39. The molecule has 2 rings (SSSR count). The zero-order valence-corrected chi connectivity index (χ0v) is 12.9. The molecule has 106 valence electrons. The standard InChI is InChI=1S/C14H20BrNO3/c1-17-12-7-11(15)13(18-2)6-10(12)14(16)9-4-3-5-19-8-9/h6-7,9,14H,3-5,8,16H2,1-2H3. The molecule has 2 unspecified atom stereocenters. The molecule has 0 aliphatic carbocycles. The number of ether oxygens (including phenoxy) is 3. The van der Waals surface area contributed by atoms with Crippen LogP contribution in [0, 0.1) is 5.92 Å². The van der Waals surface area contributed by atoms with E-state index >= 15 is 0 Å². The number of hydrogen-bond acceptors (Lipinski definition) is 4. The molecule has 1 heterocycles. The molecule has 2 N–H and O–H groups in total. The maximum Gasteiger partial charge on any atom is 0.133 e. The second-order valence-electron chi connectivity index (χ2n) is 4.73. The van der Waals surface area contributed by atoms with E-state index in [-0.39, 0.29) is 6.04 Å². The third-order valence-corrected chi connectivity index (χ3v) is 4.19. The van der Waals surface area contributed by atoms with Crippen LogP contribution in [0.1, 0.15) is 24.4 Å². The van der Waals surface area contributed by atoms with Gasteiger partial charge in [0, 0.05) is 24.1 Å². The molecule has 2 atom stereocenters. The zero-order valence-electron chi connectivity index (χ0n) is 11.3. The van der Waals surface area contributed by atoms with Crippen LogP contribution in [0.25, 0.3) is 0 Å². The van der Waals surface area contributed by atoms with Crippen LogP contribution >= 0.6 is 15.9 Å². The smallest absolute Gasteiger partial charge is 0.133 e. The minimum absolute atomic E-state index is 0.0998. The highest BCUT2D eigenvalue weighted by Crippen LogP contribution is 2.38. The van der Waals surface area contributed by atoms with Crippen LogP contribution < -0.4 is 15.2 Å². The number of benzene rings is 1. The Bertz CT molecular complexity index is 433. The summed E-state index contributed by atoms with van der Waals surface area (Å²) in [5.74, 6) is 1.88. The molecule has 0 bridgehead atoms. The second kappa shape index (κ2) is 6.59. The Morgan fingerprint density at radius 2 is 2.05 bits per heavy atom. The molecule has 1 aromatic rings. The summed E-state index contributed by atoms with van der Waals surface area (Å²) in [4.78, 5) is 0. The quantitative estimate of drug-likeness (QED) is 0.922. The van der Waals surface area contributed by atoms with Crippen molar-refractivity contribution in [3.63, 3.8) is 0 Å². The van der Waals surface area contributed by atoms with E-state index in [9.17, 15) is 0 Å². The summed E-state index contributed by atoms with van der Waals surface area (Å²) in [6.45, 7) is 1.55. The summed E-state index contributed by atoms with van der Waals surface area (Å²) in [6.07, 6.45) is 2.15. The van der Waals surface area contributed by atoms with Gasteiger partial charge in [0.1, 0.15) is 11.5 Å². The molecule has 0 amide bonds. The fourth-order valence-electron chi connectivity index (χ4n) is 2.45. The Morgan fingerprint density at radius 3 is 2.63 bits per heavy atom. The summed E-state index contributed by atoms with van der Waals surface area (Å²) in [5, 5.41) is 0. The van der Waals surface area contributed by atoms with Crippen LogP contribution in [0.2, 0.25) is 0 Å². The second-order valence-corrected chi connectivity index (χ2v) is 5.59. The first-order valence-corrected chi connectivity index (χ1v) is 7.21. The number of nitrogens with two attached hydrogens (primary N) is 1. The average molecular weight is 330 g/mol. The van der Waals surface area contributed by atoms with Crippen LogP contribution in [0.5, 0.6) is 11.5 Å². The first-order valence-electron chi connectivity index (χ1n) is 6.42. The van der Waals surface area contributed by atoms with Gasteiger partial charge in [-0.3, -0.25) is 0 Å². The predicted octanol–water partition coefficient (Wildman–Crippen LogP) is 2.89. The molecule has 0 radical (unpaired) electrons. The van der Waals surface area contributed by atoms with Gasteiger partial charge in [-0.15, -0.1) is 0 Å². The zero-order chi connectivity index (χ0) is 13.8. The van der Waals surface area contributed by atoms with Gasteiger partial charge >= 0.3 is 0 Å². The molecule has 1 aromatic carbocycles. The summed E-state index contributed by atoms with van der Waals surface area (Å²) in [7, 11) is 3.30. The molecular weight excluding hydrogens is 310 g/mol. The Kier molecular flexibility index (Phi) is 5.07. The van der Waals surface area contributed by atoms with Crippen LogP contribution in [-0.2, 0) is 4.74 Å². The van der Waals surface area contributed by atoms with Gasteiger partial charge in [0.2, 0.25) is 0 Å². The van der Waals surface area contributed by atoms with Crippen molar-refractivity contribution in [2.24, 2.45) is 11.7 Å². The lowest BCUT2D eigenvalue weighted by atomic mass is 9.89. The minimum Gasteiger partial charge on any atom is -0.496 e. The van der Waals surface area contributed by atoms with Gasteiger partial charge in [0.15, 0.2) is 0 Å². The van der Waals surface area contributed by atoms with Gasteiger partial charge in [0.05, 0.1) is 25.3 Å². The van der Waals surface area contributed by atoms with E-state index in [1.165, 1.54) is 0 Å². The van der Waals surface area contributed by atoms with Crippen molar-refractivity contribution in [3.8, 4) is 11.5 Å². The van der Waals surface area contributed by atoms with Gasteiger partial charge in [-0.25, -0.2) is 0 Å². The molecule has 0 aromatic heterocycles. The van der Waals surface area contributed by atoms with E-state index in [2.05, 4.69) is 15.9 Å². The normalized spacial score (nSPS) is 20.9. The molecular formula is C14H20BrNO3. The van der Waals surface area contributed by atoms with Crippen molar-refractivity contribution in [2.75, 3.05) is 27.4 Å². The first-order chi connectivity index (χ1) is 9.17. The van der Waals surface area contributed by atoms with Gasteiger partial charge in [-0.2, -0.15) is 0 Å². The highest BCUT2D eigenvalue weighted by atomic mass is 79.9.